The van der Waals surface area contributed by atoms with E-state index >= 15 is 0 Å². The van der Waals surface area contributed by atoms with Crippen molar-refractivity contribution in [2.75, 3.05) is 19.3 Å². The number of piperidine rings is 1. The van der Waals surface area contributed by atoms with Gasteiger partial charge in [-0.3, -0.25) is 0 Å². The maximum atomic E-state index is 12.2. The van der Waals surface area contributed by atoms with Gasteiger partial charge in [0.1, 0.15) is 0 Å². The number of sulfone groups is 1. The van der Waals surface area contributed by atoms with Gasteiger partial charge in [-0.1, -0.05) is 0 Å². The first-order chi connectivity index (χ1) is 9.29. The second kappa shape index (κ2) is 5.51. The van der Waals surface area contributed by atoms with E-state index < -0.39 is 19.9 Å². The van der Waals surface area contributed by atoms with Crippen LogP contribution in [0.2, 0.25) is 0 Å². The smallest absolute Gasteiger partial charge is 0.240 e. The summed E-state index contributed by atoms with van der Waals surface area (Å²) in [4.78, 5) is 0.215. The van der Waals surface area contributed by atoms with Gasteiger partial charge in [0.25, 0.3) is 0 Å². The molecule has 0 spiro atoms. The van der Waals surface area contributed by atoms with Crippen molar-refractivity contribution in [2.24, 2.45) is 11.8 Å². The van der Waals surface area contributed by atoms with Gasteiger partial charge in [0, 0.05) is 12.3 Å². The summed E-state index contributed by atoms with van der Waals surface area (Å²) in [6.07, 6.45) is 1.09. The fourth-order valence-corrected chi connectivity index (χ4v) is 4.68. The van der Waals surface area contributed by atoms with Crippen molar-refractivity contribution in [3.05, 3.63) is 24.3 Å². The average Bonchev–Trinajstić information content (AvgIpc) is 2.82. The number of sulfonamides is 1. The molecule has 0 bridgehead atoms. The average molecular weight is 353 g/mol. The number of nitrogens with one attached hydrogen (secondary N) is 2. The molecule has 3 rings (SSSR count). The molecule has 2 fully saturated rings. The van der Waals surface area contributed by atoms with E-state index in [1.54, 1.807) is 0 Å². The van der Waals surface area contributed by atoms with E-state index in [0.29, 0.717) is 11.8 Å². The molecule has 118 valence electrons. The Bertz CT molecular complexity index is 721. The Hall–Kier alpha value is -0.670. The zero-order valence-corrected chi connectivity index (χ0v) is 13.8. The zero-order valence-electron chi connectivity index (χ0n) is 11.3. The van der Waals surface area contributed by atoms with Gasteiger partial charge in [-0.15, -0.1) is 12.4 Å². The largest absolute Gasteiger partial charge is 0.316 e. The third-order valence-corrected chi connectivity index (χ3v) is 6.55. The zero-order chi connectivity index (χ0) is 14.5. The van der Waals surface area contributed by atoms with Crippen LogP contribution in [0.1, 0.15) is 0 Å². The Labute approximate surface area is 130 Å². The number of hydrogen-bond donors (Lipinski definition) is 2. The molecule has 1 saturated heterocycles. The van der Waals surface area contributed by atoms with Crippen molar-refractivity contribution in [3.63, 3.8) is 0 Å². The highest BCUT2D eigenvalue weighted by Gasteiger charge is 2.54. The Morgan fingerprint density at radius 3 is 1.95 bits per heavy atom. The molecule has 2 aliphatic rings. The molecule has 1 aromatic carbocycles. The van der Waals surface area contributed by atoms with Gasteiger partial charge in [-0.25, -0.2) is 21.6 Å². The molecular formula is C12H17ClN2O4S2. The normalized spacial score (nSPS) is 27.8. The van der Waals surface area contributed by atoms with Crippen LogP contribution in [0.5, 0.6) is 0 Å². The van der Waals surface area contributed by atoms with E-state index in [4.69, 9.17) is 0 Å². The summed E-state index contributed by atoms with van der Waals surface area (Å²) in [6, 6.07) is 5.30. The van der Waals surface area contributed by atoms with Gasteiger partial charge < -0.3 is 5.32 Å². The first-order valence-electron chi connectivity index (χ1n) is 6.32. The molecule has 0 radical (unpaired) electrons. The van der Waals surface area contributed by atoms with Crippen molar-refractivity contribution in [2.45, 2.75) is 15.8 Å². The summed E-state index contributed by atoms with van der Waals surface area (Å²) < 4.78 is 49.8. The molecule has 1 heterocycles. The molecule has 0 aromatic heterocycles. The molecule has 9 heteroatoms. The Balaban J connectivity index is 0.00000161. The summed E-state index contributed by atoms with van der Waals surface area (Å²) in [5.41, 5.74) is 0. The molecule has 21 heavy (non-hydrogen) atoms. The fraction of sp³-hybridized carbons (Fsp3) is 0.500. The number of rotatable bonds is 4. The van der Waals surface area contributed by atoms with E-state index in [-0.39, 0.29) is 28.2 Å². The molecule has 1 aromatic rings. The molecule has 2 atom stereocenters. The molecule has 6 nitrogen and oxygen atoms in total. The summed E-state index contributed by atoms with van der Waals surface area (Å²) in [7, 11) is -6.89. The molecule has 2 N–H and O–H groups in total. The standard InChI is InChI=1S/C12H16N2O4S2.ClH/c1-19(15,16)8-2-4-9(5-3-8)20(17,18)14-12-10-6-13-7-11(10)12;/h2-5,10-14H,6-7H2,1H3;1H. The number of hydrogen-bond acceptors (Lipinski definition) is 5. The van der Waals surface area contributed by atoms with Crippen molar-refractivity contribution in [3.8, 4) is 0 Å². The van der Waals surface area contributed by atoms with Crippen LogP contribution in [0.15, 0.2) is 34.1 Å². The van der Waals surface area contributed by atoms with Crippen molar-refractivity contribution in [1.29, 1.82) is 0 Å². The predicted octanol–water partition coefficient (Wildman–Crippen LogP) is 0.00800. The molecule has 1 aliphatic heterocycles. The van der Waals surface area contributed by atoms with Gasteiger partial charge in [0.15, 0.2) is 9.84 Å². The minimum atomic E-state index is -3.57. The minimum absolute atomic E-state index is 0. The highest BCUT2D eigenvalue weighted by molar-refractivity contribution is 7.90. The number of halogens is 1. The molecule has 1 saturated carbocycles. The Morgan fingerprint density at radius 2 is 1.48 bits per heavy atom. The number of benzene rings is 1. The molecule has 2 unspecified atom stereocenters. The highest BCUT2D eigenvalue weighted by Crippen LogP contribution is 2.42. The lowest BCUT2D eigenvalue weighted by Gasteiger charge is -2.09. The lowest BCUT2D eigenvalue weighted by atomic mass is 10.4. The third-order valence-electron chi connectivity index (χ3n) is 3.95. The highest BCUT2D eigenvalue weighted by atomic mass is 35.5. The van der Waals surface area contributed by atoms with Gasteiger partial charge >= 0.3 is 0 Å². The summed E-state index contributed by atoms with van der Waals surface area (Å²) >= 11 is 0. The van der Waals surface area contributed by atoms with Crippen LogP contribution in [-0.4, -0.2) is 42.2 Å². The van der Waals surface area contributed by atoms with Gasteiger partial charge in [-0.2, -0.15) is 0 Å². The maximum Gasteiger partial charge on any atom is 0.240 e. The van der Waals surface area contributed by atoms with Crippen LogP contribution in [0.25, 0.3) is 0 Å². The minimum Gasteiger partial charge on any atom is -0.316 e. The predicted molar refractivity (Wildman–Crippen MR) is 80.8 cm³/mol. The number of fused-ring (bicyclic) bond motifs is 1. The van der Waals surface area contributed by atoms with Crippen LogP contribution >= 0.6 is 12.4 Å². The van der Waals surface area contributed by atoms with Crippen molar-refractivity contribution in [1.82, 2.24) is 10.0 Å². The Kier molecular flexibility index (Phi) is 4.38. The van der Waals surface area contributed by atoms with Crippen molar-refractivity contribution < 1.29 is 16.8 Å². The topological polar surface area (TPSA) is 92.3 Å². The molecular weight excluding hydrogens is 336 g/mol. The van der Waals surface area contributed by atoms with E-state index in [0.717, 1.165) is 19.3 Å². The van der Waals surface area contributed by atoms with Crippen molar-refractivity contribution >= 4 is 32.3 Å². The molecule has 0 amide bonds. The van der Waals surface area contributed by atoms with E-state index in [2.05, 4.69) is 10.0 Å². The van der Waals surface area contributed by atoms with Crippen LogP contribution in [0, 0.1) is 11.8 Å². The van der Waals surface area contributed by atoms with Gasteiger partial charge in [0.05, 0.1) is 9.79 Å². The maximum absolute atomic E-state index is 12.2. The summed E-state index contributed by atoms with van der Waals surface area (Å²) in [6.45, 7) is 1.70. The van der Waals surface area contributed by atoms with E-state index in [1.807, 2.05) is 0 Å². The van der Waals surface area contributed by atoms with Crippen LogP contribution in [0.3, 0.4) is 0 Å². The fourth-order valence-electron chi connectivity index (χ4n) is 2.71. The van der Waals surface area contributed by atoms with Crippen LogP contribution in [0.4, 0.5) is 0 Å². The second-order valence-corrected chi connectivity index (χ2v) is 9.11. The van der Waals surface area contributed by atoms with Crippen LogP contribution < -0.4 is 10.0 Å². The molecule has 1 aliphatic carbocycles. The lowest BCUT2D eigenvalue weighted by Crippen LogP contribution is -2.32. The third kappa shape index (κ3) is 3.24. The van der Waals surface area contributed by atoms with E-state index in [1.165, 1.54) is 24.3 Å². The van der Waals surface area contributed by atoms with Gasteiger partial charge in [0.2, 0.25) is 10.0 Å². The summed E-state index contributed by atoms with van der Waals surface area (Å²) in [5, 5.41) is 3.20. The lowest BCUT2D eigenvalue weighted by molar-refractivity contribution is 0.565. The van der Waals surface area contributed by atoms with Gasteiger partial charge in [-0.05, 0) is 49.2 Å². The summed E-state index contributed by atoms with van der Waals surface area (Å²) in [5.74, 6) is 0.778. The quantitative estimate of drug-likeness (QED) is 0.796. The van der Waals surface area contributed by atoms with E-state index in [9.17, 15) is 16.8 Å². The first-order valence-corrected chi connectivity index (χ1v) is 9.70. The first kappa shape index (κ1) is 16.7. The second-order valence-electron chi connectivity index (χ2n) is 5.38. The monoisotopic (exact) mass is 352 g/mol. The SMILES string of the molecule is CS(=O)(=O)c1ccc(S(=O)(=O)NC2C3CNCC32)cc1.Cl. The van der Waals surface area contributed by atoms with Crippen LogP contribution in [-0.2, 0) is 19.9 Å². The Morgan fingerprint density at radius 1 is 1.00 bits per heavy atom.